The van der Waals surface area contributed by atoms with Crippen LogP contribution in [0.1, 0.15) is 10.6 Å². The van der Waals surface area contributed by atoms with Crippen molar-refractivity contribution in [2.24, 2.45) is 0 Å². The van der Waals surface area contributed by atoms with Crippen LogP contribution in [0.5, 0.6) is 5.75 Å². The molecule has 0 atom stereocenters. The number of nitriles is 1. The van der Waals surface area contributed by atoms with E-state index in [-0.39, 0.29) is 0 Å². The third kappa shape index (κ3) is 3.57. The number of rotatable bonds is 4. The fraction of sp³-hybridized carbons (Fsp3) is 0.0435. The van der Waals surface area contributed by atoms with Crippen LogP contribution in [0.3, 0.4) is 0 Å². The lowest BCUT2D eigenvalue weighted by molar-refractivity contribution is 0.412. The second-order valence-electron chi connectivity index (χ2n) is 6.13. The van der Waals surface area contributed by atoms with E-state index in [1.807, 2.05) is 47.9 Å². The molecule has 0 amide bonds. The predicted octanol–water partition coefficient (Wildman–Crippen LogP) is 6.80. The molecular formula is C23H15BrN2OS. The molecule has 1 aromatic heterocycles. The summed E-state index contributed by atoms with van der Waals surface area (Å²) in [6.07, 6.45) is 1.84. The molecule has 0 unspecified atom stereocenters. The van der Waals surface area contributed by atoms with Crippen LogP contribution in [0, 0.1) is 11.3 Å². The molecule has 4 rings (SSSR count). The van der Waals surface area contributed by atoms with E-state index >= 15 is 0 Å². The molecule has 0 bridgehead atoms. The molecule has 0 fully saturated rings. The Labute approximate surface area is 175 Å². The van der Waals surface area contributed by atoms with Crippen LogP contribution in [0.25, 0.3) is 33.7 Å². The highest BCUT2D eigenvalue weighted by molar-refractivity contribution is 9.10. The molecule has 1 heterocycles. The Balaban J connectivity index is 1.73. The molecule has 3 aromatic carbocycles. The van der Waals surface area contributed by atoms with Gasteiger partial charge in [-0.15, -0.1) is 11.3 Å². The van der Waals surface area contributed by atoms with Crippen molar-refractivity contribution in [2.75, 3.05) is 7.11 Å². The van der Waals surface area contributed by atoms with Gasteiger partial charge >= 0.3 is 0 Å². The van der Waals surface area contributed by atoms with Crippen LogP contribution >= 0.6 is 27.3 Å². The number of aromatic nitrogens is 1. The molecule has 28 heavy (non-hydrogen) atoms. The van der Waals surface area contributed by atoms with Crippen molar-refractivity contribution >= 4 is 49.7 Å². The normalized spacial score (nSPS) is 11.4. The Kier molecular flexibility index (Phi) is 5.25. The summed E-state index contributed by atoms with van der Waals surface area (Å²) < 4.78 is 6.10. The molecular weight excluding hydrogens is 432 g/mol. The summed E-state index contributed by atoms with van der Waals surface area (Å²) in [5.41, 5.74) is 3.40. The Hall–Kier alpha value is -2.94. The van der Waals surface area contributed by atoms with Gasteiger partial charge in [0.1, 0.15) is 16.8 Å². The molecule has 0 saturated heterocycles. The maximum absolute atomic E-state index is 9.67. The van der Waals surface area contributed by atoms with Crippen molar-refractivity contribution in [1.29, 1.82) is 5.26 Å². The van der Waals surface area contributed by atoms with Crippen molar-refractivity contribution in [3.63, 3.8) is 0 Å². The van der Waals surface area contributed by atoms with Crippen LogP contribution in [0.4, 0.5) is 0 Å². The van der Waals surface area contributed by atoms with E-state index in [1.54, 1.807) is 7.11 Å². The van der Waals surface area contributed by atoms with E-state index in [2.05, 4.69) is 46.3 Å². The van der Waals surface area contributed by atoms with Gasteiger partial charge < -0.3 is 4.74 Å². The van der Waals surface area contributed by atoms with Gasteiger partial charge in [-0.25, -0.2) is 4.98 Å². The average Bonchev–Trinajstić information content (AvgIpc) is 3.21. The summed E-state index contributed by atoms with van der Waals surface area (Å²) in [5, 5.41) is 14.7. The Bertz CT molecular complexity index is 1230. The van der Waals surface area contributed by atoms with E-state index in [4.69, 9.17) is 9.72 Å². The quantitative estimate of drug-likeness (QED) is 0.323. The number of benzene rings is 3. The number of fused-ring (bicyclic) bond motifs is 1. The minimum atomic E-state index is 0.536. The number of hydrogen-bond donors (Lipinski definition) is 0. The summed E-state index contributed by atoms with van der Waals surface area (Å²) in [5.74, 6) is 0.753. The predicted molar refractivity (Wildman–Crippen MR) is 119 cm³/mol. The summed E-state index contributed by atoms with van der Waals surface area (Å²) in [6, 6.07) is 22.4. The van der Waals surface area contributed by atoms with Gasteiger partial charge in [0.25, 0.3) is 0 Å². The zero-order chi connectivity index (χ0) is 19.5. The monoisotopic (exact) mass is 446 g/mol. The van der Waals surface area contributed by atoms with Crippen molar-refractivity contribution in [3.05, 3.63) is 81.1 Å². The Morgan fingerprint density at radius 1 is 1.14 bits per heavy atom. The Morgan fingerprint density at radius 3 is 2.75 bits per heavy atom. The maximum atomic E-state index is 9.67. The average molecular weight is 447 g/mol. The third-order valence-corrected chi connectivity index (χ3v) is 5.90. The van der Waals surface area contributed by atoms with Gasteiger partial charge in [-0.05, 0) is 50.5 Å². The van der Waals surface area contributed by atoms with Crippen molar-refractivity contribution in [3.8, 4) is 23.1 Å². The van der Waals surface area contributed by atoms with Gasteiger partial charge in [0.2, 0.25) is 0 Å². The van der Waals surface area contributed by atoms with Gasteiger partial charge in [0, 0.05) is 10.9 Å². The number of allylic oxidation sites excluding steroid dienone is 1. The first-order valence-electron chi connectivity index (χ1n) is 8.59. The highest BCUT2D eigenvalue weighted by Crippen LogP contribution is 2.32. The number of halogens is 1. The minimum absolute atomic E-state index is 0.536. The standard InChI is InChI=1S/C23H15BrN2OS/c1-27-22-10-9-15(12-20(22)24)11-17(13-25)23-26-21(14-28-23)19-8-4-6-16-5-2-3-7-18(16)19/h2-12,14H,1H3/b17-11+. The van der Waals surface area contributed by atoms with E-state index in [0.29, 0.717) is 10.6 Å². The SMILES string of the molecule is COc1ccc(/C=C(\C#N)c2nc(-c3cccc4ccccc34)cs2)cc1Br. The van der Waals surface area contributed by atoms with Gasteiger partial charge in [0.05, 0.1) is 22.8 Å². The number of thiazole rings is 1. The number of hydrogen-bond acceptors (Lipinski definition) is 4. The molecule has 0 aliphatic carbocycles. The number of nitrogens with zero attached hydrogens (tertiary/aromatic N) is 2. The zero-order valence-corrected chi connectivity index (χ0v) is 17.4. The van der Waals surface area contributed by atoms with Crippen molar-refractivity contribution < 1.29 is 4.74 Å². The van der Waals surface area contributed by atoms with Crippen molar-refractivity contribution in [1.82, 2.24) is 4.98 Å². The highest BCUT2D eigenvalue weighted by Gasteiger charge is 2.11. The zero-order valence-electron chi connectivity index (χ0n) is 15.0. The van der Waals surface area contributed by atoms with Gasteiger partial charge in [-0.3, -0.25) is 0 Å². The Morgan fingerprint density at radius 2 is 1.96 bits per heavy atom. The van der Waals surface area contributed by atoms with Gasteiger partial charge in [0.15, 0.2) is 0 Å². The van der Waals surface area contributed by atoms with Gasteiger partial charge in [-0.2, -0.15) is 5.26 Å². The summed E-state index contributed by atoms with van der Waals surface area (Å²) >= 11 is 4.96. The summed E-state index contributed by atoms with van der Waals surface area (Å²) in [6.45, 7) is 0. The molecule has 0 aliphatic rings. The lowest BCUT2D eigenvalue weighted by Gasteiger charge is -2.04. The van der Waals surface area contributed by atoms with Crippen LogP contribution in [-0.4, -0.2) is 12.1 Å². The van der Waals surface area contributed by atoms with E-state index in [9.17, 15) is 5.26 Å². The topological polar surface area (TPSA) is 45.9 Å². The lowest BCUT2D eigenvalue weighted by atomic mass is 10.0. The molecule has 0 spiro atoms. The second-order valence-corrected chi connectivity index (χ2v) is 7.84. The van der Waals surface area contributed by atoms with Crippen molar-refractivity contribution in [2.45, 2.75) is 0 Å². The first-order valence-corrected chi connectivity index (χ1v) is 10.3. The fourth-order valence-corrected chi connectivity index (χ4v) is 4.39. The van der Waals surface area contributed by atoms with Crippen LogP contribution < -0.4 is 4.74 Å². The van der Waals surface area contributed by atoms with E-state index in [1.165, 1.54) is 16.7 Å². The fourth-order valence-electron chi connectivity index (χ4n) is 3.05. The van der Waals surface area contributed by atoms with E-state index in [0.717, 1.165) is 32.4 Å². The molecule has 136 valence electrons. The van der Waals surface area contributed by atoms with Crippen LogP contribution in [0.2, 0.25) is 0 Å². The molecule has 5 heteroatoms. The maximum Gasteiger partial charge on any atom is 0.134 e. The molecule has 4 aromatic rings. The highest BCUT2D eigenvalue weighted by atomic mass is 79.9. The first kappa shape index (κ1) is 18.4. The molecule has 0 aliphatic heterocycles. The van der Waals surface area contributed by atoms with Gasteiger partial charge in [-0.1, -0.05) is 48.5 Å². The largest absolute Gasteiger partial charge is 0.496 e. The summed E-state index contributed by atoms with van der Waals surface area (Å²) in [4.78, 5) is 4.75. The van der Waals surface area contributed by atoms with E-state index < -0.39 is 0 Å². The molecule has 3 nitrogen and oxygen atoms in total. The third-order valence-electron chi connectivity index (χ3n) is 4.41. The minimum Gasteiger partial charge on any atom is -0.496 e. The molecule has 0 saturated carbocycles. The summed E-state index contributed by atoms with van der Waals surface area (Å²) in [7, 11) is 1.63. The van der Waals surface area contributed by atoms with Crippen LogP contribution in [0.15, 0.2) is 70.5 Å². The van der Waals surface area contributed by atoms with Crippen LogP contribution in [-0.2, 0) is 0 Å². The number of ether oxygens (including phenoxy) is 1. The lowest BCUT2D eigenvalue weighted by Crippen LogP contribution is -1.86. The molecule has 0 N–H and O–H groups in total. The first-order chi connectivity index (χ1) is 13.7. The smallest absolute Gasteiger partial charge is 0.134 e. The second kappa shape index (κ2) is 7.97. The number of methoxy groups -OCH3 is 1. The molecule has 0 radical (unpaired) electrons.